The summed E-state index contributed by atoms with van der Waals surface area (Å²) >= 11 is 0.455. The highest BCUT2D eigenvalue weighted by molar-refractivity contribution is 7.98. The van der Waals surface area contributed by atoms with Gasteiger partial charge in [-0.05, 0) is 6.42 Å². The van der Waals surface area contributed by atoms with Crippen molar-refractivity contribution in [1.29, 1.82) is 5.26 Å². The highest BCUT2D eigenvalue weighted by Gasteiger charge is 2.16. The predicted molar refractivity (Wildman–Crippen MR) is 41.6 cm³/mol. The summed E-state index contributed by atoms with van der Waals surface area (Å²) in [7, 11) is 0. The molecule has 1 aliphatic rings. The molecule has 0 saturated heterocycles. The van der Waals surface area contributed by atoms with Gasteiger partial charge in [0, 0.05) is 17.6 Å². The lowest BCUT2D eigenvalue weighted by atomic mass is 10.3. The van der Waals surface area contributed by atoms with E-state index in [4.69, 9.17) is 9.81 Å². The molecule has 0 spiro atoms. The van der Waals surface area contributed by atoms with E-state index in [1.54, 1.807) is 6.08 Å². The van der Waals surface area contributed by atoms with Gasteiger partial charge in [-0.2, -0.15) is 5.26 Å². The van der Waals surface area contributed by atoms with Gasteiger partial charge in [-0.15, -0.1) is 0 Å². The molecule has 0 atom stereocenters. The zero-order chi connectivity index (χ0) is 8.27. The van der Waals surface area contributed by atoms with E-state index in [1.165, 1.54) is 0 Å². The van der Waals surface area contributed by atoms with Crippen LogP contribution in [0.5, 0.6) is 0 Å². The molecule has 4 heteroatoms. The first-order chi connectivity index (χ1) is 5.33. The molecule has 0 aromatic heterocycles. The summed E-state index contributed by atoms with van der Waals surface area (Å²) < 4.78 is 8.68. The van der Waals surface area contributed by atoms with Crippen LogP contribution in [0.15, 0.2) is 22.1 Å². The van der Waals surface area contributed by atoms with Gasteiger partial charge >= 0.3 is 0 Å². The number of allylic oxidation sites excluding steroid dienone is 3. The van der Waals surface area contributed by atoms with Gasteiger partial charge in [0.2, 0.25) is 0 Å². The summed E-state index contributed by atoms with van der Waals surface area (Å²) in [6.07, 6.45) is 2.75. The van der Waals surface area contributed by atoms with Gasteiger partial charge in [0.25, 0.3) is 0 Å². The van der Waals surface area contributed by atoms with Crippen LogP contribution in [0, 0.1) is 11.3 Å². The second kappa shape index (κ2) is 3.37. The van der Waals surface area contributed by atoms with E-state index in [1.807, 2.05) is 6.07 Å². The van der Waals surface area contributed by atoms with E-state index < -0.39 is 0 Å². The van der Waals surface area contributed by atoms with Crippen molar-refractivity contribution < 1.29 is 9.35 Å². The summed E-state index contributed by atoms with van der Waals surface area (Å²) in [4.78, 5) is 10.7. The Kier molecular flexibility index (Phi) is 2.47. The number of carbonyl (C=O) groups is 1. The van der Waals surface area contributed by atoms with Crippen molar-refractivity contribution in [3.05, 3.63) is 22.1 Å². The first kappa shape index (κ1) is 8.05. The largest absolute Gasteiger partial charge is 0.325 e. The molecular formula is C7H5NO2S. The summed E-state index contributed by atoms with van der Waals surface area (Å²) in [5.41, 5.74) is 0.869. The number of nitrogens with zero attached hydrogens (tertiary/aromatic N) is 1. The molecule has 1 rings (SSSR count). The van der Waals surface area contributed by atoms with Crippen LogP contribution < -0.4 is 0 Å². The maximum atomic E-state index is 10.3. The van der Waals surface area contributed by atoms with E-state index in [2.05, 4.69) is 0 Å². The molecule has 0 fully saturated rings. The third-order valence-corrected chi connectivity index (χ3v) is 2.08. The number of aldehydes is 1. The van der Waals surface area contributed by atoms with Crippen molar-refractivity contribution in [1.82, 2.24) is 0 Å². The molecule has 0 radical (unpaired) electrons. The molecule has 0 bridgehead atoms. The molecule has 0 saturated carbocycles. The Hall–Kier alpha value is -1.05. The molecule has 0 amide bonds. The fraction of sp³-hybridized carbons (Fsp3) is 0.143. The summed E-state index contributed by atoms with van der Waals surface area (Å²) in [6, 6.07) is 1.89. The number of hydrogen-bond acceptors (Lipinski definition) is 4. The zero-order valence-electron chi connectivity index (χ0n) is 5.57. The molecular weight excluding hydrogens is 162 g/mol. The molecule has 0 aromatic carbocycles. The van der Waals surface area contributed by atoms with Crippen LogP contribution in [0.1, 0.15) is 6.42 Å². The van der Waals surface area contributed by atoms with Crippen molar-refractivity contribution >= 4 is 18.3 Å². The van der Waals surface area contributed by atoms with Crippen molar-refractivity contribution in [2.24, 2.45) is 0 Å². The van der Waals surface area contributed by atoms with Crippen molar-refractivity contribution in [3.63, 3.8) is 0 Å². The monoisotopic (exact) mass is 167 g/mol. The number of nitriles is 1. The van der Waals surface area contributed by atoms with Crippen LogP contribution >= 0.6 is 12.0 Å². The van der Waals surface area contributed by atoms with Gasteiger partial charge in [-0.3, -0.25) is 4.79 Å². The van der Waals surface area contributed by atoms with E-state index in [0.717, 1.165) is 0 Å². The van der Waals surface area contributed by atoms with Crippen molar-refractivity contribution in [2.75, 3.05) is 0 Å². The molecule has 0 heterocycles. The summed E-state index contributed by atoms with van der Waals surface area (Å²) in [5.74, 6) is 0. The highest BCUT2D eigenvalue weighted by Crippen LogP contribution is 2.31. The molecule has 3 nitrogen and oxygen atoms in total. The van der Waals surface area contributed by atoms with E-state index in [9.17, 15) is 4.79 Å². The highest BCUT2D eigenvalue weighted by atomic mass is 32.2. The first-order valence-corrected chi connectivity index (χ1v) is 3.71. The number of rotatable bonds is 2. The average Bonchev–Trinajstić information content (AvgIpc) is 2.45. The SMILES string of the molecule is N#CC1=CCC(C=O)=C1SO. The lowest BCUT2D eigenvalue weighted by molar-refractivity contribution is -0.104. The minimum absolute atomic E-state index is 0.389. The molecule has 56 valence electrons. The van der Waals surface area contributed by atoms with Gasteiger partial charge < -0.3 is 4.55 Å². The smallest absolute Gasteiger partial charge is 0.147 e. The zero-order valence-corrected chi connectivity index (χ0v) is 6.39. The fourth-order valence-electron chi connectivity index (χ4n) is 0.876. The van der Waals surface area contributed by atoms with Gasteiger partial charge in [0.15, 0.2) is 0 Å². The van der Waals surface area contributed by atoms with Crippen LogP contribution in [-0.4, -0.2) is 10.8 Å². The summed E-state index contributed by atoms with van der Waals surface area (Å²) in [5, 5.41) is 8.49. The van der Waals surface area contributed by atoms with Gasteiger partial charge in [0.05, 0.1) is 10.5 Å². The molecule has 0 aliphatic heterocycles. The Morgan fingerprint density at radius 3 is 3.00 bits per heavy atom. The van der Waals surface area contributed by atoms with Crippen molar-refractivity contribution in [2.45, 2.75) is 6.42 Å². The Labute approximate surface area is 68.2 Å². The minimum Gasteiger partial charge on any atom is -0.325 e. The maximum absolute atomic E-state index is 10.3. The Bertz CT molecular complexity index is 285. The normalized spacial score (nSPS) is 16.2. The minimum atomic E-state index is 0.389. The van der Waals surface area contributed by atoms with Gasteiger partial charge in [-0.25, -0.2) is 0 Å². The second-order valence-electron chi connectivity index (χ2n) is 2.00. The van der Waals surface area contributed by atoms with Gasteiger partial charge in [0.1, 0.15) is 12.4 Å². The quantitative estimate of drug-likeness (QED) is 0.500. The Balaban J connectivity index is 3.00. The molecule has 0 unspecified atom stereocenters. The van der Waals surface area contributed by atoms with Crippen molar-refractivity contribution in [3.8, 4) is 6.07 Å². The van der Waals surface area contributed by atoms with E-state index in [-0.39, 0.29) is 0 Å². The number of hydrogen-bond donors (Lipinski definition) is 1. The van der Waals surface area contributed by atoms with E-state index >= 15 is 0 Å². The summed E-state index contributed by atoms with van der Waals surface area (Å²) in [6.45, 7) is 0. The molecule has 11 heavy (non-hydrogen) atoms. The van der Waals surface area contributed by atoms with Gasteiger partial charge in [-0.1, -0.05) is 6.08 Å². The predicted octanol–water partition coefficient (Wildman–Crippen LogP) is 1.50. The van der Waals surface area contributed by atoms with Crippen LogP contribution in [0.4, 0.5) is 0 Å². The second-order valence-corrected chi connectivity index (χ2v) is 2.59. The third-order valence-electron chi connectivity index (χ3n) is 1.42. The molecule has 0 aromatic rings. The first-order valence-electron chi connectivity index (χ1n) is 2.94. The lowest BCUT2D eigenvalue weighted by Crippen LogP contribution is -1.83. The Morgan fingerprint density at radius 2 is 2.55 bits per heavy atom. The van der Waals surface area contributed by atoms with Crippen LogP contribution in [0.2, 0.25) is 0 Å². The molecule has 1 aliphatic carbocycles. The topological polar surface area (TPSA) is 61.1 Å². The Morgan fingerprint density at radius 1 is 1.82 bits per heavy atom. The fourth-order valence-corrected chi connectivity index (χ4v) is 1.35. The lowest BCUT2D eigenvalue weighted by Gasteiger charge is -1.94. The van der Waals surface area contributed by atoms with Crippen LogP contribution in [-0.2, 0) is 4.79 Å². The number of carbonyl (C=O) groups excluding carboxylic acids is 1. The standard InChI is InChI=1S/C7H5NO2S/c8-3-5-1-2-6(4-9)7(5)11-10/h1,4,10H,2H2. The average molecular weight is 167 g/mol. The maximum Gasteiger partial charge on any atom is 0.147 e. The van der Waals surface area contributed by atoms with Crippen LogP contribution in [0.25, 0.3) is 0 Å². The van der Waals surface area contributed by atoms with E-state index in [0.29, 0.717) is 40.8 Å². The molecule has 1 N–H and O–H groups in total. The van der Waals surface area contributed by atoms with Crippen LogP contribution in [0.3, 0.4) is 0 Å². The third kappa shape index (κ3) is 1.34.